The van der Waals surface area contributed by atoms with Crippen molar-refractivity contribution >= 4 is 40.9 Å². The molecule has 0 aliphatic carbocycles. The molecule has 1 aromatic carbocycles. The van der Waals surface area contributed by atoms with Crippen molar-refractivity contribution in [2.45, 2.75) is 38.3 Å². The van der Waals surface area contributed by atoms with E-state index in [0.29, 0.717) is 17.7 Å². The number of carbonyl (C=O) groups excluding carboxylic acids is 3. The Balaban J connectivity index is 1.67. The molecule has 1 aromatic heterocycles. The third kappa shape index (κ3) is 5.44. The van der Waals surface area contributed by atoms with Crippen molar-refractivity contribution in [1.82, 2.24) is 10.6 Å². The fourth-order valence-electron chi connectivity index (χ4n) is 3.45. The van der Waals surface area contributed by atoms with Crippen molar-refractivity contribution < 1.29 is 29.0 Å². The van der Waals surface area contributed by atoms with Gasteiger partial charge in [0.25, 0.3) is 0 Å². The molecule has 0 fully saturated rings. The van der Waals surface area contributed by atoms with E-state index >= 15 is 0 Å². The molecule has 0 spiro atoms. The first-order valence-corrected chi connectivity index (χ1v) is 11.2. The summed E-state index contributed by atoms with van der Waals surface area (Å²) in [5.41, 5.74) is 1.83. The zero-order chi connectivity index (χ0) is 23.1. The van der Waals surface area contributed by atoms with Crippen molar-refractivity contribution in [3.8, 4) is 0 Å². The lowest BCUT2D eigenvalue weighted by molar-refractivity contribution is -0.139. The lowest BCUT2D eigenvalue weighted by Crippen LogP contribution is -2.49. The highest BCUT2D eigenvalue weighted by atomic mass is 32.1. The first-order chi connectivity index (χ1) is 15.4. The van der Waals surface area contributed by atoms with Gasteiger partial charge in [-0.1, -0.05) is 31.5 Å². The molecule has 2 aromatic rings. The molecule has 10 heteroatoms. The predicted molar refractivity (Wildman–Crippen MR) is 119 cm³/mol. The Kier molecular flexibility index (Phi) is 7.82. The van der Waals surface area contributed by atoms with Gasteiger partial charge in [-0.05, 0) is 40.4 Å². The van der Waals surface area contributed by atoms with Gasteiger partial charge in [0.2, 0.25) is 11.8 Å². The number of amides is 3. The second-order valence-electron chi connectivity index (χ2n) is 7.29. The highest BCUT2D eigenvalue weighted by molar-refractivity contribution is 7.08. The number of hydrogen-bond acceptors (Lipinski definition) is 6. The summed E-state index contributed by atoms with van der Waals surface area (Å²) in [5.74, 6) is -2.26. The van der Waals surface area contributed by atoms with Crippen molar-refractivity contribution in [2.75, 3.05) is 18.1 Å². The van der Waals surface area contributed by atoms with E-state index < -0.39 is 42.5 Å². The summed E-state index contributed by atoms with van der Waals surface area (Å²) in [6.45, 7) is 1.79. The third-order valence-corrected chi connectivity index (χ3v) is 5.78. The molecule has 3 N–H and O–H groups in total. The minimum Gasteiger partial charge on any atom is -0.480 e. The maximum atomic E-state index is 12.9. The normalized spacial score (nSPS) is 15.5. The number of nitrogens with one attached hydrogen (secondary N) is 2. The van der Waals surface area contributed by atoms with E-state index in [9.17, 15) is 24.3 Å². The van der Waals surface area contributed by atoms with Crippen LogP contribution in [0.2, 0.25) is 0 Å². The maximum Gasteiger partial charge on any atom is 0.408 e. The Hall–Kier alpha value is -3.40. The molecule has 3 amide bonds. The quantitative estimate of drug-likeness (QED) is 0.495. The summed E-state index contributed by atoms with van der Waals surface area (Å²) in [6.07, 6.45) is 1.05. The van der Waals surface area contributed by atoms with E-state index in [1.807, 2.05) is 6.92 Å². The summed E-state index contributed by atoms with van der Waals surface area (Å²) < 4.78 is 5.08. The average molecular weight is 460 g/mol. The van der Waals surface area contributed by atoms with E-state index in [-0.39, 0.29) is 13.0 Å². The molecule has 0 saturated heterocycles. The number of carboxylic acids is 1. The molecule has 9 nitrogen and oxygen atoms in total. The van der Waals surface area contributed by atoms with Gasteiger partial charge in [0.05, 0.1) is 13.2 Å². The first-order valence-electron chi connectivity index (χ1n) is 10.3. The van der Waals surface area contributed by atoms with Crippen LogP contribution in [0.25, 0.3) is 0 Å². The van der Waals surface area contributed by atoms with Crippen LogP contribution in [-0.4, -0.2) is 48.2 Å². The standard InChI is InChI=1S/C22H25N3O6S/c1-2-3-9-31-22(30)24-19(15-8-10-32-13-15)20(27)23-12-18(26)25-16-7-5-4-6-14(16)11-17(25)21(28)29/h4-8,10,13,17,19H,2-3,9,11-12H2,1H3,(H,23,27)(H,24,30)(H,28,29)/t17?,19-/m0/s1. The van der Waals surface area contributed by atoms with Crippen molar-refractivity contribution in [2.24, 2.45) is 0 Å². The molecule has 2 atom stereocenters. The van der Waals surface area contributed by atoms with E-state index in [0.717, 1.165) is 12.0 Å². The Labute approximate surface area is 189 Å². The number of hydrogen-bond donors (Lipinski definition) is 3. The summed E-state index contributed by atoms with van der Waals surface area (Å²) in [4.78, 5) is 50.6. The molecule has 170 valence electrons. The summed E-state index contributed by atoms with van der Waals surface area (Å²) in [7, 11) is 0. The smallest absolute Gasteiger partial charge is 0.408 e. The SMILES string of the molecule is CCCCOC(=O)N[C@H](C(=O)NCC(=O)N1c2ccccc2CC1C(=O)O)c1ccsc1. The van der Waals surface area contributed by atoms with Gasteiger partial charge in [-0.2, -0.15) is 11.3 Å². The Morgan fingerprint density at radius 1 is 1.25 bits per heavy atom. The fraction of sp³-hybridized carbons (Fsp3) is 0.364. The maximum absolute atomic E-state index is 12.9. The first kappa shape index (κ1) is 23.3. The number of ether oxygens (including phenoxy) is 1. The number of carbonyl (C=O) groups is 4. The minimum atomic E-state index is -1.12. The van der Waals surface area contributed by atoms with E-state index in [1.165, 1.54) is 16.2 Å². The van der Waals surface area contributed by atoms with Gasteiger partial charge in [0, 0.05) is 12.1 Å². The molecule has 3 rings (SSSR count). The molecule has 1 unspecified atom stereocenters. The number of fused-ring (bicyclic) bond motifs is 1. The molecule has 1 aliphatic rings. The number of thiophene rings is 1. The van der Waals surface area contributed by atoms with Crippen molar-refractivity contribution in [1.29, 1.82) is 0 Å². The van der Waals surface area contributed by atoms with Crippen molar-refractivity contribution in [3.63, 3.8) is 0 Å². The van der Waals surface area contributed by atoms with Crippen LogP contribution in [0.5, 0.6) is 0 Å². The number of aliphatic carboxylic acids is 1. The predicted octanol–water partition coefficient (Wildman–Crippen LogP) is 2.47. The Morgan fingerprint density at radius 2 is 2.03 bits per heavy atom. The fourth-order valence-corrected chi connectivity index (χ4v) is 4.14. The van der Waals surface area contributed by atoms with Gasteiger partial charge in [0.15, 0.2) is 0 Å². The van der Waals surface area contributed by atoms with Gasteiger partial charge < -0.3 is 20.5 Å². The summed E-state index contributed by atoms with van der Waals surface area (Å²) >= 11 is 1.36. The Morgan fingerprint density at radius 3 is 2.72 bits per heavy atom. The van der Waals surface area contributed by atoms with Gasteiger partial charge in [-0.15, -0.1) is 0 Å². The summed E-state index contributed by atoms with van der Waals surface area (Å²) in [6, 6.07) is 6.59. The number of anilines is 1. The number of para-hydroxylation sites is 1. The molecule has 0 saturated carbocycles. The van der Waals surface area contributed by atoms with Crippen LogP contribution in [0.1, 0.15) is 36.9 Å². The Bertz CT molecular complexity index is 978. The molecular formula is C22H25N3O6S. The molecule has 32 heavy (non-hydrogen) atoms. The lowest BCUT2D eigenvalue weighted by Gasteiger charge is -2.23. The minimum absolute atomic E-state index is 0.202. The van der Waals surface area contributed by atoms with Gasteiger partial charge >= 0.3 is 12.1 Å². The summed E-state index contributed by atoms with van der Waals surface area (Å²) in [5, 5.41) is 18.1. The van der Waals surface area contributed by atoms with E-state index in [1.54, 1.807) is 41.1 Å². The number of unbranched alkanes of at least 4 members (excludes halogenated alkanes) is 1. The number of carboxylic acid groups (broad SMARTS) is 1. The van der Waals surface area contributed by atoms with Crippen LogP contribution >= 0.6 is 11.3 Å². The highest BCUT2D eigenvalue weighted by Gasteiger charge is 2.38. The van der Waals surface area contributed by atoms with Gasteiger partial charge in [-0.3, -0.25) is 14.5 Å². The number of rotatable bonds is 9. The largest absolute Gasteiger partial charge is 0.480 e. The lowest BCUT2D eigenvalue weighted by atomic mass is 10.1. The second kappa shape index (κ2) is 10.8. The average Bonchev–Trinajstić information content (AvgIpc) is 3.44. The zero-order valence-corrected chi connectivity index (χ0v) is 18.4. The monoisotopic (exact) mass is 459 g/mol. The van der Waals surface area contributed by atoms with Crippen LogP contribution in [0, 0.1) is 0 Å². The zero-order valence-electron chi connectivity index (χ0n) is 17.6. The molecule has 0 bridgehead atoms. The van der Waals surface area contributed by atoms with Crippen LogP contribution in [-0.2, 0) is 25.5 Å². The van der Waals surface area contributed by atoms with E-state index in [2.05, 4.69) is 10.6 Å². The number of benzene rings is 1. The molecule has 1 aliphatic heterocycles. The topological polar surface area (TPSA) is 125 Å². The van der Waals surface area contributed by atoms with Crippen LogP contribution in [0.15, 0.2) is 41.1 Å². The van der Waals surface area contributed by atoms with Crippen LogP contribution in [0.3, 0.4) is 0 Å². The highest BCUT2D eigenvalue weighted by Crippen LogP contribution is 2.32. The molecular weight excluding hydrogens is 434 g/mol. The van der Waals surface area contributed by atoms with E-state index in [4.69, 9.17) is 4.74 Å². The number of alkyl carbamates (subject to hydrolysis) is 1. The van der Waals surface area contributed by atoms with Crippen LogP contribution in [0.4, 0.5) is 10.5 Å². The second-order valence-corrected chi connectivity index (χ2v) is 8.07. The molecule has 0 radical (unpaired) electrons. The number of nitrogens with zero attached hydrogens (tertiary/aromatic N) is 1. The van der Waals surface area contributed by atoms with Gasteiger partial charge in [0.1, 0.15) is 12.1 Å². The molecule has 2 heterocycles. The van der Waals surface area contributed by atoms with Crippen molar-refractivity contribution in [3.05, 3.63) is 52.2 Å². The third-order valence-electron chi connectivity index (χ3n) is 5.08. The van der Waals surface area contributed by atoms with Gasteiger partial charge in [-0.25, -0.2) is 9.59 Å². The van der Waals surface area contributed by atoms with Crippen LogP contribution < -0.4 is 15.5 Å².